The minimum absolute atomic E-state index is 0.0361. The topological polar surface area (TPSA) is 137 Å². The first kappa shape index (κ1) is 29.1. The molecule has 3 aromatic carbocycles. The van der Waals surface area contributed by atoms with Crippen molar-refractivity contribution in [1.82, 2.24) is 15.3 Å². The maximum Gasteiger partial charge on any atom is 0.338 e. The van der Waals surface area contributed by atoms with Gasteiger partial charge in [0.25, 0.3) is 5.69 Å². The first-order valence-electron chi connectivity index (χ1n) is 15.6. The smallest absolute Gasteiger partial charge is 0.338 e. The number of esters is 1. The van der Waals surface area contributed by atoms with Gasteiger partial charge in [-0.1, -0.05) is 49.4 Å². The summed E-state index contributed by atoms with van der Waals surface area (Å²) in [6, 6.07) is 22.6. The summed E-state index contributed by atoms with van der Waals surface area (Å²) < 4.78 is 6.01. The second-order valence-electron chi connectivity index (χ2n) is 12.3. The molecule has 0 saturated carbocycles. The third-order valence-electron chi connectivity index (χ3n) is 9.87. The lowest BCUT2D eigenvalue weighted by atomic mass is 9.67. The summed E-state index contributed by atoms with van der Waals surface area (Å²) in [6.45, 7) is 4.45. The van der Waals surface area contributed by atoms with Crippen LogP contribution < -0.4 is 16.0 Å². The van der Waals surface area contributed by atoms with Crippen molar-refractivity contribution in [2.45, 2.75) is 62.6 Å². The molecule has 2 aliphatic heterocycles. The number of nitro benzene ring substituents is 1. The van der Waals surface area contributed by atoms with Crippen molar-refractivity contribution in [1.29, 1.82) is 0 Å². The quantitative estimate of drug-likeness (QED) is 0.156. The third kappa shape index (κ3) is 4.94. The molecule has 7 rings (SSSR count). The predicted octanol–water partition coefficient (Wildman–Crippen LogP) is 5.63. The number of nitrogens with one attached hydrogen (secondary N) is 1. The Morgan fingerprint density at radius 3 is 2.53 bits per heavy atom. The Hall–Kier alpha value is -4.67. The average molecular weight is 605 g/mol. The number of benzene rings is 3. The molecule has 230 valence electrons. The fraction of sp³-hybridized carbons (Fsp3) is 0.343. The summed E-state index contributed by atoms with van der Waals surface area (Å²) in [5.74, 6) is 0.354. The lowest BCUT2D eigenvalue weighted by Gasteiger charge is -2.43. The highest BCUT2D eigenvalue weighted by atomic mass is 16.6. The van der Waals surface area contributed by atoms with Crippen molar-refractivity contribution in [3.8, 4) is 0 Å². The van der Waals surface area contributed by atoms with Gasteiger partial charge in [-0.15, -0.1) is 0 Å². The Morgan fingerprint density at radius 1 is 1.07 bits per heavy atom. The van der Waals surface area contributed by atoms with E-state index in [2.05, 4.69) is 70.7 Å². The molecule has 3 N–H and O–H groups in total. The average Bonchev–Trinajstić information content (AvgIpc) is 3.52. The molecule has 1 aromatic heterocycles. The molecule has 1 fully saturated rings. The summed E-state index contributed by atoms with van der Waals surface area (Å²) in [5.41, 5.74) is 13.1. The van der Waals surface area contributed by atoms with Crippen LogP contribution in [0.5, 0.6) is 0 Å². The Morgan fingerprint density at radius 2 is 1.82 bits per heavy atom. The number of carbonyl (C=O) groups is 1. The standard InChI is InChI=1S/C35H36N6O4/c1-22-18-28(45-34(42)24-10-12-26(13-11-24)41(43)44)32-30(22)33(39-21-38-32)40-27-9-5-8-25(20-36)31(27)35(14-16-37-17-15-35)29(40)19-23-6-3-2-4-7-23/h2-13,21-22,28-29,37H,14-20,36H2,1H3/t22-,28-,29-/m1/s1. The van der Waals surface area contributed by atoms with Crippen LogP contribution in [-0.2, 0) is 23.1 Å². The van der Waals surface area contributed by atoms with Crippen LogP contribution in [0, 0.1) is 10.1 Å². The van der Waals surface area contributed by atoms with Crippen LogP contribution in [0.4, 0.5) is 17.2 Å². The van der Waals surface area contributed by atoms with E-state index in [9.17, 15) is 14.9 Å². The number of anilines is 2. The Labute approximate surface area is 261 Å². The number of carbonyl (C=O) groups excluding carboxylic acids is 1. The molecule has 3 heterocycles. The van der Waals surface area contributed by atoms with Crippen molar-refractivity contribution in [2.75, 3.05) is 18.0 Å². The predicted molar refractivity (Wildman–Crippen MR) is 171 cm³/mol. The first-order valence-corrected chi connectivity index (χ1v) is 15.6. The van der Waals surface area contributed by atoms with Crippen molar-refractivity contribution < 1.29 is 14.5 Å². The van der Waals surface area contributed by atoms with Gasteiger partial charge in [-0.2, -0.15) is 0 Å². The number of hydrogen-bond acceptors (Lipinski definition) is 9. The van der Waals surface area contributed by atoms with Crippen molar-refractivity contribution in [3.63, 3.8) is 0 Å². The van der Waals surface area contributed by atoms with Crippen LogP contribution in [0.1, 0.15) is 76.5 Å². The van der Waals surface area contributed by atoms with Crippen LogP contribution in [0.3, 0.4) is 0 Å². The fourth-order valence-electron chi connectivity index (χ4n) is 7.85. The van der Waals surface area contributed by atoms with E-state index in [1.807, 2.05) is 0 Å². The van der Waals surface area contributed by atoms with Crippen LogP contribution in [0.2, 0.25) is 0 Å². The number of nitro groups is 1. The highest BCUT2D eigenvalue weighted by Crippen LogP contribution is 2.57. The van der Waals surface area contributed by atoms with Crippen LogP contribution in [-0.4, -0.2) is 40.0 Å². The first-order chi connectivity index (χ1) is 21.9. The Balaban J connectivity index is 1.31. The molecule has 10 nitrogen and oxygen atoms in total. The zero-order chi connectivity index (χ0) is 31.1. The molecule has 3 atom stereocenters. The summed E-state index contributed by atoms with van der Waals surface area (Å²) in [5, 5.41) is 14.7. The van der Waals surface area contributed by atoms with Gasteiger partial charge in [0.1, 0.15) is 18.2 Å². The van der Waals surface area contributed by atoms with Gasteiger partial charge in [0.2, 0.25) is 0 Å². The van der Waals surface area contributed by atoms with E-state index < -0.39 is 17.0 Å². The molecule has 45 heavy (non-hydrogen) atoms. The molecule has 0 unspecified atom stereocenters. The Kier molecular flexibility index (Phi) is 7.55. The van der Waals surface area contributed by atoms with Crippen molar-refractivity contribution >= 4 is 23.2 Å². The van der Waals surface area contributed by atoms with E-state index in [0.717, 1.165) is 49.4 Å². The lowest BCUT2D eigenvalue weighted by Crippen LogP contribution is -2.51. The van der Waals surface area contributed by atoms with E-state index in [1.54, 1.807) is 6.33 Å². The normalized spacial score (nSPS) is 21.4. The summed E-state index contributed by atoms with van der Waals surface area (Å²) >= 11 is 0. The van der Waals surface area contributed by atoms with E-state index in [4.69, 9.17) is 15.5 Å². The molecule has 3 aliphatic rings. The molecule has 1 saturated heterocycles. The molecule has 4 aromatic rings. The second kappa shape index (κ2) is 11.7. The number of nitrogens with zero attached hydrogens (tertiary/aromatic N) is 4. The van der Waals surface area contributed by atoms with E-state index in [-0.39, 0.29) is 28.6 Å². The van der Waals surface area contributed by atoms with Gasteiger partial charge in [-0.25, -0.2) is 14.8 Å². The highest BCUT2D eigenvalue weighted by Gasteiger charge is 2.54. The minimum atomic E-state index is -0.558. The monoisotopic (exact) mass is 604 g/mol. The molecule has 0 amide bonds. The molecule has 0 radical (unpaired) electrons. The Bertz CT molecular complexity index is 1740. The SMILES string of the molecule is C[C@@H]1C[C@@H](OC(=O)c2ccc([N+](=O)[O-])cc2)c2ncnc(N3c4cccc(CN)c4C4(CCNCC4)[C@H]3Cc3ccccc3)c21. The molecular formula is C35H36N6O4. The van der Waals surface area contributed by atoms with Gasteiger partial charge in [-0.3, -0.25) is 10.1 Å². The summed E-state index contributed by atoms with van der Waals surface area (Å²) in [7, 11) is 0. The maximum atomic E-state index is 13.2. The number of hydrogen-bond donors (Lipinski definition) is 2. The van der Waals surface area contributed by atoms with E-state index >= 15 is 0 Å². The summed E-state index contributed by atoms with van der Waals surface area (Å²) in [4.78, 5) is 35.8. The largest absolute Gasteiger partial charge is 0.452 e. The molecule has 1 spiro atoms. The van der Waals surface area contributed by atoms with E-state index in [0.29, 0.717) is 18.7 Å². The lowest BCUT2D eigenvalue weighted by molar-refractivity contribution is -0.384. The van der Waals surface area contributed by atoms with Crippen LogP contribution in [0.15, 0.2) is 79.1 Å². The second-order valence-corrected chi connectivity index (χ2v) is 12.3. The van der Waals surface area contributed by atoms with Crippen molar-refractivity contribution in [2.24, 2.45) is 5.73 Å². The summed E-state index contributed by atoms with van der Waals surface area (Å²) in [6.07, 6.45) is 4.41. The minimum Gasteiger partial charge on any atom is -0.452 e. The molecule has 0 bridgehead atoms. The number of rotatable bonds is 7. The van der Waals surface area contributed by atoms with Gasteiger partial charge >= 0.3 is 5.97 Å². The van der Waals surface area contributed by atoms with Gasteiger partial charge < -0.3 is 20.7 Å². The number of fused-ring (bicyclic) bond motifs is 3. The van der Waals surface area contributed by atoms with Gasteiger partial charge in [0.05, 0.1) is 16.2 Å². The zero-order valence-electron chi connectivity index (χ0n) is 25.2. The molecule has 10 heteroatoms. The number of ether oxygens (including phenoxy) is 1. The third-order valence-corrected chi connectivity index (χ3v) is 9.87. The zero-order valence-corrected chi connectivity index (χ0v) is 25.2. The molecule has 1 aliphatic carbocycles. The fourth-order valence-corrected chi connectivity index (χ4v) is 7.85. The number of nitrogens with two attached hydrogens (primary N) is 1. The molecular weight excluding hydrogens is 568 g/mol. The van der Waals surface area contributed by atoms with Gasteiger partial charge in [0, 0.05) is 41.4 Å². The van der Waals surface area contributed by atoms with Crippen LogP contribution >= 0.6 is 0 Å². The van der Waals surface area contributed by atoms with Crippen LogP contribution in [0.25, 0.3) is 0 Å². The number of non-ortho nitro benzene ring substituents is 1. The van der Waals surface area contributed by atoms with E-state index in [1.165, 1.54) is 41.0 Å². The van der Waals surface area contributed by atoms with Gasteiger partial charge in [0.15, 0.2) is 0 Å². The highest BCUT2D eigenvalue weighted by molar-refractivity contribution is 5.90. The number of piperidine rings is 1. The van der Waals surface area contributed by atoms with Gasteiger partial charge in [-0.05, 0) is 79.6 Å². The number of aromatic nitrogens is 2. The maximum absolute atomic E-state index is 13.2. The van der Waals surface area contributed by atoms with Crippen molar-refractivity contribution in [3.05, 3.63) is 123 Å².